The highest BCUT2D eigenvalue weighted by atomic mass is 16.5. The number of hydrogen-bond donors (Lipinski definition) is 1. The Morgan fingerprint density at radius 1 is 1.15 bits per heavy atom. The minimum atomic E-state index is 0.402. The zero-order valence-electron chi connectivity index (χ0n) is 12.6. The summed E-state index contributed by atoms with van der Waals surface area (Å²) < 4.78 is 16.1. The Hall–Kier alpha value is -1.26. The predicted octanol–water partition coefficient (Wildman–Crippen LogP) is 2.75. The third-order valence-corrected chi connectivity index (χ3v) is 4.03. The van der Waals surface area contributed by atoms with E-state index in [4.69, 9.17) is 14.2 Å². The van der Waals surface area contributed by atoms with E-state index in [1.54, 1.807) is 21.3 Å². The Morgan fingerprint density at radius 3 is 2.70 bits per heavy atom. The number of methoxy groups -OCH3 is 3. The monoisotopic (exact) mass is 279 g/mol. The van der Waals surface area contributed by atoms with Crippen LogP contribution in [0.25, 0.3) is 0 Å². The third kappa shape index (κ3) is 3.87. The summed E-state index contributed by atoms with van der Waals surface area (Å²) in [5, 5.41) is 3.61. The summed E-state index contributed by atoms with van der Waals surface area (Å²) in [7, 11) is 5.17. The van der Waals surface area contributed by atoms with Gasteiger partial charge in [0.25, 0.3) is 0 Å². The maximum absolute atomic E-state index is 5.47. The number of hydrogen-bond acceptors (Lipinski definition) is 4. The minimum absolute atomic E-state index is 0.402. The van der Waals surface area contributed by atoms with Crippen molar-refractivity contribution in [1.82, 2.24) is 5.32 Å². The Labute approximate surface area is 121 Å². The molecule has 1 saturated carbocycles. The standard InChI is InChI=1S/C16H25NO3/c1-18-14-6-4-5-13(9-14)17-11-12-7-8-15(19-2)10-16(12)20-3/h7-8,10,13-14,17H,4-6,9,11H2,1-3H3/t13-,14+/m0/s1. The molecule has 1 N–H and O–H groups in total. The summed E-state index contributed by atoms with van der Waals surface area (Å²) in [6, 6.07) is 6.48. The van der Waals surface area contributed by atoms with E-state index in [2.05, 4.69) is 11.4 Å². The fourth-order valence-electron chi connectivity index (χ4n) is 2.80. The van der Waals surface area contributed by atoms with Crippen molar-refractivity contribution in [2.24, 2.45) is 0 Å². The molecule has 0 aromatic heterocycles. The van der Waals surface area contributed by atoms with Gasteiger partial charge in [-0.15, -0.1) is 0 Å². The molecule has 4 nitrogen and oxygen atoms in total. The van der Waals surface area contributed by atoms with Crippen LogP contribution in [-0.2, 0) is 11.3 Å². The van der Waals surface area contributed by atoms with Gasteiger partial charge in [0.2, 0.25) is 0 Å². The van der Waals surface area contributed by atoms with Crippen LogP contribution in [0.5, 0.6) is 11.5 Å². The summed E-state index contributed by atoms with van der Waals surface area (Å²) in [4.78, 5) is 0. The second-order valence-electron chi connectivity index (χ2n) is 5.28. The van der Waals surface area contributed by atoms with Crippen LogP contribution in [0.3, 0.4) is 0 Å². The highest BCUT2D eigenvalue weighted by molar-refractivity contribution is 5.40. The average Bonchev–Trinajstić information content (AvgIpc) is 2.52. The second-order valence-corrected chi connectivity index (χ2v) is 5.28. The lowest BCUT2D eigenvalue weighted by Crippen LogP contribution is -2.36. The van der Waals surface area contributed by atoms with Crippen molar-refractivity contribution in [2.45, 2.75) is 44.4 Å². The van der Waals surface area contributed by atoms with E-state index < -0.39 is 0 Å². The van der Waals surface area contributed by atoms with Crippen molar-refractivity contribution >= 4 is 0 Å². The van der Waals surface area contributed by atoms with Crippen LogP contribution in [0.4, 0.5) is 0 Å². The molecule has 0 spiro atoms. The van der Waals surface area contributed by atoms with Gasteiger partial charge < -0.3 is 19.5 Å². The second kappa shape index (κ2) is 7.50. The normalized spacial score (nSPS) is 22.6. The van der Waals surface area contributed by atoms with Gasteiger partial charge in [0.05, 0.1) is 20.3 Å². The van der Waals surface area contributed by atoms with E-state index in [0.29, 0.717) is 12.1 Å². The van der Waals surface area contributed by atoms with Crippen molar-refractivity contribution < 1.29 is 14.2 Å². The lowest BCUT2D eigenvalue weighted by atomic mass is 9.92. The van der Waals surface area contributed by atoms with Crippen molar-refractivity contribution in [2.75, 3.05) is 21.3 Å². The molecule has 0 radical (unpaired) electrons. The average molecular weight is 279 g/mol. The Morgan fingerprint density at radius 2 is 2.00 bits per heavy atom. The molecule has 112 valence electrons. The fourth-order valence-corrected chi connectivity index (χ4v) is 2.80. The van der Waals surface area contributed by atoms with Crippen molar-refractivity contribution in [3.05, 3.63) is 23.8 Å². The first-order valence-corrected chi connectivity index (χ1v) is 7.24. The van der Waals surface area contributed by atoms with Crippen LogP contribution in [0, 0.1) is 0 Å². The molecule has 0 heterocycles. The molecule has 20 heavy (non-hydrogen) atoms. The largest absolute Gasteiger partial charge is 0.497 e. The van der Waals surface area contributed by atoms with Gasteiger partial charge in [0.15, 0.2) is 0 Å². The predicted molar refractivity (Wildman–Crippen MR) is 79.4 cm³/mol. The molecule has 0 aliphatic heterocycles. The smallest absolute Gasteiger partial charge is 0.127 e. The molecule has 0 saturated heterocycles. The zero-order chi connectivity index (χ0) is 14.4. The lowest BCUT2D eigenvalue weighted by Gasteiger charge is -2.29. The third-order valence-electron chi connectivity index (χ3n) is 4.03. The van der Waals surface area contributed by atoms with Crippen molar-refractivity contribution in [3.8, 4) is 11.5 Å². The Balaban J connectivity index is 1.93. The molecule has 0 bridgehead atoms. The molecule has 0 unspecified atom stereocenters. The van der Waals surface area contributed by atoms with E-state index in [0.717, 1.165) is 30.0 Å². The maximum atomic E-state index is 5.47. The van der Waals surface area contributed by atoms with Crippen molar-refractivity contribution in [1.29, 1.82) is 0 Å². The Bertz CT molecular complexity index is 422. The van der Waals surface area contributed by atoms with E-state index >= 15 is 0 Å². The highest BCUT2D eigenvalue weighted by Crippen LogP contribution is 2.26. The van der Waals surface area contributed by atoms with E-state index in [-0.39, 0.29) is 0 Å². The van der Waals surface area contributed by atoms with Gasteiger partial charge >= 0.3 is 0 Å². The molecule has 1 aromatic carbocycles. The number of rotatable bonds is 6. The quantitative estimate of drug-likeness (QED) is 0.869. The lowest BCUT2D eigenvalue weighted by molar-refractivity contribution is 0.0586. The summed E-state index contributed by atoms with van der Waals surface area (Å²) >= 11 is 0. The summed E-state index contributed by atoms with van der Waals surface area (Å²) in [6.07, 6.45) is 5.13. The molecule has 2 atom stereocenters. The van der Waals surface area contributed by atoms with Crippen LogP contribution in [0.2, 0.25) is 0 Å². The van der Waals surface area contributed by atoms with Gasteiger partial charge in [0.1, 0.15) is 11.5 Å². The Kier molecular flexibility index (Phi) is 5.68. The van der Waals surface area contributed by atoms with Crippen LogP contribution in [-0.4, -0.2) is 33.5 Å². The summed E-state index contributed by atoms with van der Waals surface area (Å²) in [5.74, 6) is 1.69. The van der Waals surface area contributed by atoms with Crippen LogP contribution in [0.1, 0.15) is 31.2 Å². The molecular weight excluding hydrogens is 254 g/mol. The van der Waals surface area contributed by atoms with Crippen molar-refractivity contribution in [3.63, 3.8) is 0 Å². The number of benzene rings is 1. The first kappa shape index (κ1) is 15.1. The van der Waals surface area contributed by atoms with Crippen LogP contribution < -0.4 is 14.8 Å². The van der Waals surface area contributed by atoms with E-state index in [1.165, 1.54) is 19.3 Å². The molecule has 1 aromatic rings. The number of ether oxygens (including phenoxy) is 3. The first-order chi connectivity index (χ1) is 9.76. The van der Waals surface area contributed by atoms with Gasteiger partial charge in [-0.3, -0.25) is 0 Å². The van der Waals surface area contributed by atoms with Gasteiger partial charge in [-0.25, -0.2) is 0 Å². The van der Waals surface area contributed by atoms with Crippen LogP contribution >= 0.6 is 0 Å². The van der Waals surface area contributed by atoms with E-state index in [9.17, 15) is 0 Å². The minimum Gasteiger partial charge on any atom is -0.497 e. The zero-order valence-corrected chi connectivity index (χ0v) is 12.6. The fraction of sp³-hybridized carbons (Fsp3) is 0.625. The summed E-state index contributed by atoms with van der Waals surface area (Å²) in [6.45, 7) is 0.814. The number of nitrogens with one attached hydrogen (secondary N) is 1. The van der Waals surface area contributed by atoms with Gasteiger partial charge in [0, 0.05) is 31.3 Å². The van der Waals surface area contributed by atoms with Gasteiger partial charge in [-0.2, -0.15) is 0 Å². The molecular formula is C16H25NO3. The van der Waals surface area contributed by atoms with Gasteiger partial charge in [-0.05, 0) is 31.7 Å². The highest BCUT2D eigenvalue weighted by Gasteiger charge is 2.21. The molecule has 4 heteroatoms. The van der Waals surface area contributed by atoms with Gasteiger partial charge in [-0.1, -0.05) is 6.07 Å². The first-order valence-electron chi connectivity index (χ1n) is 7.24. The molecule has 1 aliphatic carbocycles. The topological polar surface area (TPSA) is 39.7 Å². The molecule has 0 amide bonds. The summed E-state index contributed by atoms with van der Waals surface area (Å²) in [5.41, 5.74) is 1.16. The van der Waals surface area contributed by atoms with Crippen LogP contribution in [0.15, 0.2) is 18.2 Å². The SMILES string of the molecule is COc1ccc(CN[C@H]2CCC[C@@H](OC)C2)c(OC)c1. The van der Waals surface area contributed by atoms with E-state index in [1.807, 2.05) is 12.1 Å². The maximum Gasteiger partial charge on any atom is 0.127 e. The molecule has 2 rings (SSSR count). The molecule has 1 fully saturated rings. The molecule has 1 aliphatic rings.